The molecule has 0 spiro atoms. The molecule has 0 radical (unpaired) electrons. The van der Waals surface area contributed by atoms with Gasteiger partial charge in [-0.2, -0.15) is 9.57 Å². The van der Waals surface area contributed by atoms with Gasteiger partial charge in [0.25, 0.3) is 0 Å². The maximum atomic E-state index is 12.6. The third-order valence-corrected chi connectivity index (χ3v) is 5.94. The summed E-state index contributed by atoms with van der Waals surface area (Å²) in [6, 6.07) is 20.6. The van der Waals surface area contributed by atoms with E-state index in [1.165, 1.54) is 31.3 Å². The van der Waals surface area contributed by atoms with Gasteiger partial charge in [0.2, 0.25) is 15.9 Å². The summed E-state index contributed by atoms with van der Waals surface area (Å²) in [6.07, 6.45) is 0. The normalized spacial score (nSPS) is 11.3. The van der Waals surface area contributed by atoms with Crippen molar-refractivity contribution < 1.29 is 13.2 Å². The van der Waals surface area contributed by atoms with Crippen LogP contribution in [0, 0.1) is 11.3 Å². The number of hydrogen-bond donors (Lipinski definition) is 1. The molecule has 1 amide bonds. The van der Waals surface area contributed by atoms with E-state index in [-0.39, 0.29) is 11.4 Å². The standard InChI is InChI=1S/C20H17N3O3S/c1-23(27(25,26)17-11-9-15(13-21)10-12-17)14-20(24)22-19-8-4-6-16-5-2-3-7-18(16)19/h2-12H,14H2,1H3,(H,22,24). The zero-order valence-electron chi connectivity index (χ0n) is 14.6. The first kappa shape index (κ1) is 18.6. The maximum Gasteiger partial charge on any atom is 0.243 e. The lowest BCUT2D eigenvalue weighted by Crippen LogP contribution is -2.35. The second-order valence-corrected chi connectivity index (χ2v) is 8.02. The first-order valence-electron chi connectivity index (χ1n) is 8.16. The summed E-state index contributed by atoms with van der Waals surface area (Å²) in [5, 5.41) is 13.4. The molecular formula is C20H17N3O3S. The molecule has 0 aliphatic rings. The van der Waals surface area contributed by atoms with Crippen molar-refractivity contribution in [2.45, 2.75) is 4.90 Å². The van der Waals surface area contributed by atoms with Crippen molar-refractivity contribution in [3.63, 3.8) is 0 Å². The lowest BCUT2D eigenvalue weighted by Gasteiger charge is -2.17. The molecule has 0 atom stereocenters. The van der Waals surface area contributed by atoms with Crippen LogP contribution in [0.3, 0.4) is 0 Å². The second kappa shape index (κ2) is 7.58. The van der Waals surface area contributed by atoms with Crippen molar-refractivity contribution >= 4 is 32.4 Å². The number of amides is 1. The monoisotopic (exact) mass is 379 g/mol. The Kier molecular flexibility index (Phi) is 5.21. The van der Waals surface area contributed by atoms with Crippen molar-refractivity contribution in [3.05, 3.63) is 72.3 Å². The van der Waals surface area contributed by atoms with Gasteiger partial charge in [0, 0.05) is 18.1 Å². The third kappa shape index (κ3) is 3.97. The second-order valence-electron chi connectivity index (χ2n) is 5.97. The molecule has 0 aromatic heterocycles. The van der Waals surface area contributed by atoms with Crippen LogP contribution in [0.2, 0.25) is 0 Å². The largest absolute Gasteiger partial charge is 0.324 e. The van der Waals surface area contributed by atoms with Crippen LogP contribution in [-0.4, -0.2) is 32.2 Å². The van der Waals surface area contributed by atoms with Crippen molar-refractivity contribution in [1.29, 1.82) is 5.26 Å². The third-order valence-electron chi connectivity index (χ3n) is 4.12. The van der Waals surface area contributed by atoms with Crippen molar-refractivity contribution in [2.24, 2.45) is 0 Å². The summed E-state index contributed by atoms with van der Waals surface area (Å²) < 4.78 is 26.2. The number of benzene rings is 3. The van der Waals surface area contributed by atoms with E-state index in [1.54, 1.807) is 6.07 Å². The van der Waals surface area contributed by atoms with E-state index in [2.05, 4.69) is 5.32 Å². The van der Waals surface area contributed by atoms with E-state index in [1.807, 2.05) is 42.5 Å². The predicted molar refractivity (Wildman–Crippen MR) is 104 cm³/mol. The molecule has 0 heterocycles. The van der Waals surface area contributed by atoms with Gasteiger partial charge in [0.1, 0.15) is 0 Å². The van der Waals surface area contributed by atoms with Gasteiger partial charge >= 0.3 is 0 Å². The highest BCUT2D eigenvalue weighted by atomic mass is 32.2. The van der Waals surface area contributed by atoms with Crippen LogP contribution < -0.4 is 5.32 Å². The molecule has 6 nitrogen and oxygen atoms in total. The first-order valence-corrected chi connectivity index (χ1v) is 9.60. The van der Waals surface area contributed by atoms with E-state index in [0.717, 1.165) is 15.1 Å². The van der Waals surface area contributed by atoms with Gasteiger partial charge in [-0.25, -0.2) is 8.42 Å². The van der Waals surface area contributed by atoms with Crippen LogP contribution in [0.4, 0.5) is 5.69 Å². The van der Waals surface area contributed by atoms with Crippen LogP contribution in [0.15, 0.2) is 71.6 Å². The molecular weight excluding hydrogens is 362 g/mol. The highest BCUT2D eigenvalue weighted by Gasteiger charge is 2.23. The van der Waals surface area contributed by atoms with Gasteiger partial charge in [-0.1, -0.05) is 36.4 Å². The van der Waals surface area contributed by atoms with Crippen LogP contribution in [-0.2, 0) is 14.8 Å². The Balaban J connectivity index is 1.75. The smallest absolute Gasteiger partial charge is 0.243 e. The molecule has 3 aromatic rings. The van der Waals surface area contributed by atoms with Crippen LogP contribution in [0.25, 0.3) is 10.8 Å². The minimum Gasteiger partial charge on any atom is -0.324 e. The molecule has 1 N–H and O–H groups in total. The van der Waals surface area contributed by atoms with Crippen molar-refractivity contribution in [1.82, 2.24) is 4.31 Å². The number of nitriles is 1. The van der Waals surface area contributed by atoms with E-state index >= 15 is 0 Å². The van der Waals surface area contributed by atoms with E-state index < -0.39 is 15.9 Å². The minimum atomic E-state index is -3.83. The number of anilines is 1. The fourth-order valence-corrected chi connectivity index (χ4v) is 3.82. The zero-order valence-corrected chi connectivity index (χ0v) is 15.4. The molecule has 0 fully saturated rings. The van der Waals surface area contributed by atoms with E-state index in [9.17, 15) is 13.2 Å². The van der Waals surface area contributed by atoms with Crippen LogP contribution >= 0.6 is 0 Å². The van der Waals surface area contributed by atoms with Crippen LogP contribution in [0.5, 0.6) is 0 Å². The van der Waals surface area contributed by atoms with Crippen molar-refractivity contribution in [2.75, 3.05) is 18.9 Å². The average Bonchev–Trinajstić information content (AvgIpc) is 2.68. The Morgan fingerprint density at radius 3 is 2.41 bits per heavy atom. The van der Waals surface area contributed by atoms with Gasteiger partial charge in [-0.05, 0) is 35.7 Å². The fraction of sp³-hybridized carbons (Fsp3) is 0.100. The van der Waals surface area contributed by atoms with Crippen LogP contribution in [0.1, 0.15) is 5.56 Å². The molecule has 3 rings (SSSR count). The summed E-state index contributed by atoms with van der Waals surface area (Å²) in [7, 11) is -2.49. The number of rotatable bonds is 5. The molecule has 0 saturated carbocycles. The maximum absolute atomic E-state index is 12.6. The number of hydrogen-bond acceptors (Lipinski definition) is 4. The summed E-state index contributed by atoms with van der Waals surface area (Å²) in [6.45, 7) is -0.328. The Morgan fingerprint density at radius 2 is 1.70 bits per heavy atom. The van der Waals surface area contributed by atoms with E-state index in [0.29, 0.717) is 11.3 Å². The highest BCUT2D eigenvalue weighted by Crippen LogP contribution is 2.23. The SMILES string of the molecule is CN(CC(=O)Nc1cccc2ccccc12)S(=O)(=O)c1ccc(C#N)cc1. The predicted octanol–water partition coefficient (Wildman–Crippen LogP) is 2.97. The van der Waals surface area contributed by atoms with E-state index in [4.69, 9.17) is 5.26 Å². The molecule has 0 aliphatic carbocycles. The number of nitrogens with one attached hydrogen (secondary N) is 1. The minimum absolute atomic E-state index is 0.0296. The molecule has 3 aromatic carbocycles. The molecule has 0 unspecified atom stereocenters. The quantitative estimate of drug-likeness (QED) is 0.738. The first-order chi connectivity index (χ1) is 12.9. The summed E-state index contributed by atoms with van der Waals surface area (Å²) in [5.74, 6) is -0.439. The van der Waals surface area contributed by atoms with Gasteiger partial charge in [0.05, 0.1) is 23.1 Å². The number of fused-ring (bicyclic) bond motifs is 1. The Labute approximate surface area is 157 Å². The molecule has 0 saturated heterocycles. The number of sulfonamides is 1. The number of carbonyl (C=O) groups is 1. The topological polar surface area (TPSA) is 90.3 Å². The van der Waals surface area contributed by atoms with Gasteiger partial charge in [-0.15, -0.1) is 0 Å². The Hall–Kier alpha value is -3.21. The molecule has 136 valence electrons. The molecule has 27 heavy (non-hydrogen) atoms. The zero-order chi connectivity index (χ0) is 19.4. The molecule has 0 aliphatic heterocycles. The summed E-state index contributed by atoms with van der Waals surface area (Å²) in [4.78, 5) is 12.4. The fourth-order valence-electron chi connectivity index (χ4n) is 2.69. The van der Waals surface area contributed by atoms with Gasteiger partial charge in [-0.3, -0.25) is 4.79 Å². The lowest BCUT2D eigenvalue weighted by molar-refractivity contribution is -0.116. The lowest BCUT2D eigenvalue weighted by atomic mass is 10.1. The number of carbonyl (C=O) groups excluding carboxylic acids is 1. The average molecular weight is 379 g/mol. The molecule has 7 heteroatoms. The number of nitrogens with zero attached hydrogens (tertiary/aromatic N) is 2. The Bertz CT molecular complexity index is 1130. The van der Waals surface area contributed by atoms with Gasteiger partial charge < -0.3 is 5.32 Å². The summed E-state index contributed by atoms with van der Waals surface area (Å²) >= 11 is 0. The number of likely N-dealkylation sites (N-methyl/N-ethyl adjacent to an activating group) is 1. The highest BCUT2D eigenvalue weighted by molar-refractivity contribution is 7.89. The summed E-state index contributed by atoms with van der Waals surface area (Å²) in [5.41, 5.74) is 0.993. The van der Waals surface area contributed by atoms with Crippen molar-refractivity contribution in [3.8, 4) is 6.07 Å². The Morgan fingerprint density at radius 1 is 1.04 bits per heavy atom. The van der Waals surface area contributed by atoms with Gasteiger partial charge in [0.15, 0.2) is 0 Å². The molecule has 0 bridgehead atoms.